The Hall–Kier alpha value is -2.20. The second kappa shape index (κ2) is 8.17. The van der Waals surface area contributed by atoms with Gasteiger partial charge in [-0.05, 0) is 23.3 Å². The van der Waals surface area contributed by atoms with Crippen LogP contribution in [-0.4, -0.2) is 12.5 Å². The quantitative estimate of drug-likeness (QED) is 0.768. The van der Waals surface area contributed by atoms with Crippen molar-refractivity contribution in [3.8, 4) is 0 Å². The van der Waals surface area contributed by atoms with E-state index in [1.807, 2.05) is 30.3 Å². The summed E-state index contributed by atoms with van der Waals surface area (Å²) in [4.78, 5) is 11.7. The molecule has 2 N–H and O–H groups in total. The Balaban J connectivity index is 1.60. The Kier molecular flexibility index (Phi) is 5.91. The molecule has 0 spiro atoms. The minimum absolute atomic E-state index is 0.0140. The molecule has 3 nitrogen and oxygen atoms in total. The van der Waals surface area contributed by atoms with Crippen LogP contribution in [0.4, 0.5) is 4.39 Å². The van der Waals surface area contributed by atoms with Gasteiger partial charge in [-0.1, -0.05) is 42.5 Å². The largest absolute Gasteiger partial charge is 0.352 e. The number of carbonyl (C=O) groups excluding carboxylic acids is 1. The average molecular weight is 286 g/mol. The van der Waals surface area contributed by atoms with Crippen molar-refractivity contribution in [2.45, 2.75) is 19.5 Å². The van der Waals surface area contributed by atoms with E-state index in [2.05, 4.69) is 10.6 Å². The van der Waals surface area contributed by atoms with E-state index in [-0.39, 0.29) is 11.7 Å². The highest BCUT2D eigenvalue weighted by Crippen LogP contribution is 2.02. The number of halogens is 1. The first kappa shape index (κ1) is 15.2. The van der Waals surface area contributed by atoms with Gasteiger partial charge in [0, 0.05) is 26.1 Å². The SMILES string of the molecule is O=C(CCNCc1ccccc1)NCc1ccc(F)cc1. The molecule has 2 rings (SSSR count). The number of amides is 1. The van der Waals surface area contributed by atoms with Crippen LogP contribution in [0.5, 0.6) is 0 Å². The zero-order chi connectivity index (χ0) is 14.9. The Labute approximate surface area is 124 Å². The number of rotatable bonds is 7. The fourth-order valence-corrected chi connectivity index (χ4v) is 1.92. The van der Waals surface area contributed by atoms with Crippen LogP contribution < -0.4 is 10.6 Å². The topological polar surface area (TPSA) is 41.1 Å². The highest BCUT2D eigenvalue weighted by molar-refractivity contribution is 5.76. The summed E-state index contributed by atoms with van der Waals surface area (Å²) in [6.07, 6.45) is 0.425. The van der Waals surface area contributed by atoms with Crippen molar-refractivity contribution in [1.82, 2.24) is 10.6 Å². The first-order chi connectivity index (χ1) is 10.2. The van der Waals surface area contributed by atoms with Gasteiger partial charge in [0.15, 0.2) is 0 Å². The molecule has 0 saturated heterocycles. The van der Waals surface area contributed by atoms with Crippen LogP contribution in [0.25, 0.3) is 0 Å². The highest BCUT2D eigenvalue weighted by atomic mass is 19.1. The van der Waals surface area contributed by atoms with Gasteiger partial charge in [-0.25, -0.2) is 4.39 Å². The molecule has 0 bridgehead atoms. The van der Waals surface area contributed by atoms with E-state index in [0.29, 0.717) is 19.5 Å². The number of nitrogens with one attached hydrogen (secondary N) is 2. The van der Waals surface area contributed by atoms with Crippen molar-refractivity contribution in [1.29, 1.82) is 0 Å². The van der Waals surface area contributed by atoms with Crippen molar-refractivity contribution in [3.05, 3.63) is 71.5 Å². The summed E-state index contributed by atoms with van der Waals surface area (Å²) in [6, 6.07) is 16.2. The Bertz CT molecular complexity index is 555. The van der Waals surface area contributed by atoms with Gasteiger partial charge in [-0.2, -0.15) is 0 Å². The molecule has 2 aromatic carbocycles. The predicted molar refractivity (Wildman–Crippen MR) is 81.0 cm³/mol. The normalized spacial score (nSPS) is 10.3. The molecule has 0 aromatic heterocycles. The van der Waals surface area contributed by atoms with E-state index in [9.17, 15) is 9.18 Å². The summed E-state index contributed by atoms with van der Waals surface area (Å²) in [5, 5.41) is 6.04. The summed E-state index contributed by atoms with van der Waals surface area (Å²) in [5.74, 6) is -0.282. The zero-order valence-electron chi connectivity index (χ0n) is 11.8. The van der Waals surface area contributed by atoms with Crippen molar-refractivity contribution >= 4 is 5.91 Å². The Morgan fingerprint density at radius 2 is 1.57 bits per heavy atom. The van der Waals surface area contributed by atoms with Crippen LogP contribution in [0.2, 0.25) is 0 Å². The van der Waals surface area contributed by atoms with Crippen LogP contribution in [0.3, 0.4) is 0 Å². The second-order valence-electron chi connectivity index (χ2n) is 4.82. The molecule has 110 valence electrons. The Morgan fingerprint density at radius 3 is 2.29 bits per heavy atom. The maximum atomic E-state index is 12.7. The minimum Gasteiger partial charge on any atom is -0.352 e. The third-order valence-corrected chi connectivity index (χ3v) is 3.10. The smallest absolute Gasteiger partial charge is 0.221 e. The zero-order valence-corrected chi connectivity index (χ0v) is 11.8. The van der Waals surface area contributed by atoms with Crippen molar-refractivity contribution in [2.75, 3.05) is 6.54 Å². The molecular weight excluding hydrogens is 267 g/mol. The summed E-state index contributed by atoms with van der Waals surface area (Å²) >= 11 is 0. The summed E-state index contributed by atoms with van der Waals surface area (Å²) in [5.41, 5.74) is 2.09. The fourth-order valence-electron chi connectivity index (χ4n) is 1.92. The van der Waals surface area contributed by atoms with Crippen LogP contribution in [-0.2, 0) is 17.9 Å². The van der Waals surface area contributed by atoms with Gasteiger partial charge in [0.1, 0.15) is 5.82 Å². The standard InChI is InChI=1S/C17H19FN2O/c18-16-8-6-15(7-9-16)13-20-17(21)10-11-19-12-14-4-2-1-3-5-14/h1-9,19H,10-13H2,(H,20,21). The fraction of sp³-hybridized carbons (Fsp3) is 0.235. The van der Waals surface area contributed by atoms with Gasteiger partial charge >= 0.3 is 0 Å². The summed E-state index contributed by atoms with van der Waals surface area (Å²) in [6.45, 7) is 1.81. The van der Waals surface area contributed by atoms with Crippen LogP contribution in [0, 0.1) is 5.82 Å². The molecule has 0 fully saturated rings. The van der Waals surface area contributed by atoms with Gasteiger partial charge in [-0.15, -0.1) is 0 Å². The molecule has 0 saturated carbocycles. The maximum Gasteiger partial charge on any atom is 0.221 e. The van der Waals surface area contributed by atoms with Crippen LogP contribution >= 0.6 is 0 Å². The second-order valence-corrected chi connectivity index (χ2v) is 4.82. The summed E-state index contributed by atoms with van der Waals surface area (Å²) in [7, 11) is 0. The molecule has 0 aliphatic rings. The summed E-state index contributed by atoms with van der Waals surface area (Å²) < 4.78 is 12.7. The third-order valence-electron chi connectivity index (χ3n) is 3.10. The van der Waals surface area contributed by atoms with Crippen LogP contribution in [0.1, 0.15) is 17.5 Å². The van der Waals surface area contributed by atoms with Crippen LogP contribution in [0.15, 0.2) is 54.6 Å². The van der Waals surface area contributed by atoms with Gasteiger partial charge in [-0.3, -0.25) is 4.79 Å². The highest BCUT2D eigenvalue weighted by Gasteiger charge is 2.01. The van der Waals surface area contributed by atoms with E-state index in [1.54, 1.807) is 12.1 Å². The number of hydrogen-bond acceptors (Lipinski definition) is 2. The van der Waals surface area contributed by atoms with E-state index in [0.717, 1.165) is 12.1 Å². The lowest BCUT2D eigenvalue weighted by molar-refractivity contribution is -0.121. The minimum atomic E-state index is -0.268. The average Bonchev–Trinajstić information content (AvgIpc) is 2.52. The van der Waals surface area contributed by atoms with Gasteiger partial charge < -0.3 is 10.6 Å². The van der Waals surface area contributed by atoms with Gasteiger partial charge in [0.2, 0.25) is 5.91 Å². The molecule has 0 aliphatic heterocycles. The molecule has 0 aliphatic carbocycles. The van der Waals surface area contributed by atoms with E-state index >= 15 is 0 Å². The lowest BCUT2D eigenvalue weighted by Gasteiger charge is -2.07. The molecule has 4 heteroatoms. The van der Waals surface area contributed by atoms with E-state index < -0.39 is 0 Å². The predicted octanol–water partition coefficient (Wildman–Crippen LogP) is 2.62. The Morgan fingerprint density at radius 1 is 0.905 bits per heavy atom. The first-order valence-electron chi connectivity index (χ1n) is 7.00. The monoisotopic (exact) mass is 286 g/mol. The molecular formula is C17H19FN2O. The molecule has 0 radical (unpaired) electrons. The molecule has 1 amide bonds. The molecule has 0 unspecified atom stereocenters. The lowest BCUT2D eigenvalue weighted by Crippen LogP contribution is -2.27. The van der Waals surface area contributed by atoms with Crippen molar-refractivity contribution < 1.29 is 9.18 Å². The molecule has 0 atom stereocenters. The molecule has 2 aromatic rings. The van der Waals surface area contributed by atoms with E-state index in [4.69, 9.17) is 0 Å². The molecule has 0 heterocycles. The number of carbonyl (C=O) groups is 1. The first-order valence-corrected chi connectivity index (χ1v) is 7.00. The number of benzene rings is 2. The van der Waals surface area contributed by atoms with Crippen molar-refractivity contribution in [2.24, 2.45) is 0 Å². The van der Waals surface area contributed by atoms with E-state index in [1.165, 1.54) is 17.7 Å². The van der Waals surface area contributed by atoms with Crippen molar-refractivity contribution in [3.63, 3.8) is 0 Å². The third kappa shape index (κ3) is 5.75. The van der Waals surface area contributed by atoms with Gasteiger partial charge in [0.05, 0.1) is 0 Å². The molecule has 21 heavy (non-hydrogen) atoms. The van der Waals surface area contributed by atoms with Gasteiger partial charge in [0.25, 0.3) is 0 Å². The maximum absolute atomic E-state index is 12.7. The number of hydrogen-bond donors (Lipinski definition) is 2. The lowest BCUT2D eigenvalue weighted by atomic mass is 10.2.